The van der Waals surface area contributed by atoms with Crippen molar-refractivity contribution in [2.24, 2.45) is 0 Å². The fourth-order valence-corrected chi connectivity index (χ4v) is 1.94. The lowest BCUT2D eigenvalue weighted by Crippen LogP contribution is -2.26. The average Bonchev–Trinajstić information content (AvgIpc) is 2.29. The maximum atomic E-state index is 11.0. The summed E-state index contributed by atoms with van der Waals surface area (Å²) in [6.07, 6.45) is 0.376. The summed E-state index contributed by atoms with van der Waals surface area (Å²) in [6.45, 7) is 2.72. The molecule has 4 nitrogen and oxygen atoms in total. The van der Waals surface area contributed by atoms with E-state index in [4.69, 9.17) is 9.47 Å². The number of halogens is 1. The van der Waals surface area contributed by atoms with Crippen molar-refractivity contribution in [1.82, 2.24) is 5.32 Å². The van der Waals surface area contributed by atoms with E-state index >= 15 is 0 Å². The van der Waals surface area contributed by atoms with E-state index in [9.17, 15) is 4.79 Å². The highest BCUT2D eigenvalue weighted by molar-refractivity contribution is 9.10. The first-order valence-corrected chi connectivity index (χ1v) is 6.19. The van der Waals surface area contributed by atoms with Crippen molar-refractivity contribution in [3.05, 3.63) is 28.2 Å². The monoisotopic (exact) mass is 301 g/mol. The van der Waals surface area contributed by atoms with Crippen LogP contribution in [0.1, 0.15) is 12.5 Å². The van der Waals surface area contributed by atoms with E-state index in [1.807, 2.05) is 18.2 Å². The van der Waals surface area contributed by atoms with Gasteiger partial charge in [-0.2, -0.15) is 0 Å². The van der Waals surface area contributed by atoms with Crippen LogP contribution in [0.3, 0.4) is 0 Å². The highest BCUT2D eigenvalue weighted by Gasteiger charge is 2.03. The molecule has 0 heterocycles. The van der Waals surface area contributed by atoms with Gasteiger partial charge in [0.2, 0.25) is 0 Å². The van der Waals surface area contributed by atoms with Crippen LogP contribution in [0.25, 0.3) is 0 Å². The summed E-state index contributed by atoms with van der Waals surface area (Å²) in [5.74, 6) is 0.798. The molecular formula is C12H16BrNO3. The smallest absolute Gasteiger partial charge is 0.407 e. The van der Waals surface area contributed by atoms with Crippen LogP contribution in [0.2, 0.25) is 0 Å². The SMILES string of the molecule is CCOC(=O)NCCc1ccc(OC)c(Br)c1. The molecule has 1 aromatic carbocycles. The standard InChI is InChI=1S/C12H16BrNO3/c1-3-17-12(15)14-7-6-9-4-5-11(16-2)10(13)8-9/h4-5,8H,3,6-7H2,1-2H3,(H,14,15). The van der Waals surface area contributed by atoms with Gasteiger partial charge in [0.15, 0.2) is 0 Å². The Morgan fingerprint density at radius 2 is 2.24 bits per heavy atom. The maximum Gasteiger partial charge on any atom is 0.407 e. The number of amides is 1. The lowest BCUT2D eigenvalue weighted by Gasteiger charge is -2.07. The summed E-state index contributed by atoms with van der Waals surface area (Å²) in [4.78, 5) is 11.0. The molecule has 1 rings (SSSR count). The molecule has 0 aliphatic carbocycles. The van der Waals surface area contributed by atoms with Crippen molar-refractivity contribution in [2.45, 2.75) is 13.3 Å². The number of rotatable bonds is 5. The number of nitrogens with one attached hydrogen (secondary N) is 1. The van der Waals surface area contributed by atoms with Crippen LogP contribution >= 0.6 is 15.9 Å². The Morgan fingerprint density at radius 3 is 2.82 bits per heavy atom. The van der Waals surface area contributed by atoms with Gasteiger partial charge in [0.25, 0.3) is 0 Å². The van der Waals surface area contributed by atoms with Crippen molar-refractivity contribution in [2.75, 3.05) is 20.3 Å². The van der Waals surface area contributed by atoms with Crippen LogP contribution in [0.4, 0.5) is 4.79 Å². The molecule has 0 atom stereocenters. The van der Waals surface area contributed by atoms with Gasteiger partial charge < -0.3 is 14.8 Å². The van der Waals surface area contributed by atoms with Gasteiger partial charge >= 0.3 is 6.09 Å². The topological polar surface area (TPSA) is 47.6 Å². The van der Waals surface area contributed by atoms with Crippen molar-refractivity contribution >= 4 is 22.0 Å². The van der Waals surface area contributed by atoms with Gasteiger partial charge in [-0.05, 0) is 47.0 Å². The largest absolute Gasteiger partial charge is 0.496 e. The number of methoxy groups -OCH3 is 1. The molecule has 1 amide bonds. The summed E-state index contributed by atoms with van der Waals surface area (Å²) < 4.78 is 10.8. The normalized spacial score (nSPS) is 9.82. The van der Waals surface area contributed by atoms with E-state index in [-0.39, 0.29) is 6.09 Å². The third kappa shape index (κ3) is 4.65. The summed E-state index contributed by atoms with van der Waals surface area (Å²) in [5, 5.41) is 2.67. The van der Waals surface area contributed by atoms with Gasteiger partial charge in [-0.3, -0.25) is 0 Å². The van der Waals surface area contributed by atoms with Crippen LogP contribution in [0.5, 0.6) is 5.75 Å². The molecular weight excluding hydrogens is 286 g/mol. The molecule has 0 bridgehead atoms. The summed E-state index contributed by atoms with van der Waals surface area (Å²) >= 11 is 3.42. The molecule has 1 N–H and O–H groups in total. The highest BCUT2D eigenvalue weighted by atomic mass is 79.9. The molecule has 0 fully saturated rings. The molecule has 1 aromatic rings. The van der Waals surface area contributed by atoms with Crippen molar-refractivity contribution in [3.8, 4) is 5.75 Å². The lowest BCUT2D eigenvalue weighted by atomic mass is 10.1. The van der Waals surface area contributed by atoms with Gasteiger partial charge in [-0.25, -0.2) is 4.79 Å². The number of hydrogen-bond acceptors (Lipinski definition) is 3. The molecule has 0 aromatic heterocycles. The molecule has 17 heavy (non-hydrogen) atoms. The predicted octanol–water partition coefficient (Wildman–Crippen LogP) is 2.75. The first-order valence-electron chi connectivity index (χ1n) is 5.40. The van der Waals surface area contributed by atoms with E-state index in [0.717, 1.165) is 22.2 Å². The number of benzene rings is 1. The van der Waals surface area contributed by atoms with Gasteiger partial charge in [0.1, 0.15) is 5.75 Å². The summed E-state index contributed by atoms with van der Waals surface area (Å²) in [7, 11) is 1.63. The molecule has 0 spiro atoms. The molecule has 0 aliphatic rings. The van der Waals surface area contributed by atoms with Crippen LogP contribution in [-0.4, -0.2) is 26.4 Å². The van der Waals surface area contributed by atoms with Gasteiger partial charge in [-0.15, -0.1) is 0 Å². The quantitative estimate of drug-likeness (QED) is 0.910. The molecule has 0 unspecified atom stereocenters. The third-order valence-corrected chi connectivity index (χ3v) is 2.79. The van der Waals surface area contributed by atoms with Crippen LogP contribution in [0.15, 0.2) is 22.7 Å². The van der Waals surface area contributed by atoms with E-state index in [2.05, 4.69) is 21.2 Å². The Morgan fingerprint density at radius 1 is 1.47 bits per heavy atom. The minimum Gasteiger partial charge on any atom is -0.496 e. The predicted molar refractivity (Wildman–Crippen MR) is 69.4 cm³/mol. The van der Waals surface area contributed by atoms with Gasteiger partial charge in [0, 0.05) is 6.54 Å². The minimum absolute atomic E-state index is 0.375. The molecule has 0 aliphatic heterocycles. The first-order chi connectivity index (χ1) is 8.17. The van der Waals surface area contributed by atoms with Crippen LogP contribution < -0.4 is 10.1 Å². The number of carbonyl (C=O) groups is 1. The van der Waals surface area contributed by atoms with E-state index in [1.54, 1.807) is 14.0 Å². The summed E-state index contributed by atoms with van der Waals surface area (Å²) in [5.41, 5.74) is 1.12. The summed E-state index contributed by atoms with van der Waals surface area (Å²) in [6, 6.07) is 5.84. The zero-order valence-electron chi connectivity index (χ0n) is 9.96. The molecule has 0 saturated heterocycles. The zero-order chi connectivity index (χ0) is 12.7. The molecule has 0 saturated carbocycles. The van der Waals surface area contributed by atoms with E-state index < -0.39 is 0 Å². The Kier molecular flexibility index (Phi) is 5.83. The van der Waals surface area contributed by atoms with Crippen LogP contribution in [-0.2, 0) is 11.2 Å². The number of ether oxygens (including phenoxy) is 2. The first kappa shape index (κ1) is 13.8. The van der Waals surface area contributed by atoms with E-state index in [1.165, 1.54) is 0 Å². The van der Waals surface area contributed by atoms with Gasteiger partial charge in [0.05, 0.1) is 18.2 Å². The Hall–Kier alpha value is -1.23. The Labute approximate surface area is 109 Å². The minimum atomic E-state index is -0.375. The fraction of sp³-hybridized carbons (Fsp3) is 0.417. The Bertz CT molecular complexity index is 382. The third-order valence-electron chi connectivity index (χ3n) is 2.17. The maximum absolute atomic E-state index is 11.0. The van der Waals surface area contributed by atoms with Crippen LogP contribution in [0, 0.1) is 0 Å². The number of hydrogen-bond donors (Lipinski definition) is 1. The lowest BCUT2D eigenvalue weighted by molar-refractivity contribution is 0.152. The van der Waals surface area contributed by atoms with Crippen molar-refractivity contribution in [3.63, 3.8) is 0 Å². The zero-order valence-corrected chi connectivity index (χ0v) is 11.5. The molecule has 94 valence electrons. The second-order valence-electron chi connectivity index (χ2n) is 3.37. The highest BCUT2D eigenvalue weighted by Crippen LogP contribution is 2.25. The second-order valence-corrected chi connectivity index (χ2v) is 4.22. The molecule has 0 radical (unpaired) electrons. The van der Waals surface area contributed by atoms with Crippen molar-refractivity contribution < 1.29 is 14.3 Å². The fourth-order valence-electron chi connectivity index (χ4n) is 1.36. The Balaban J connectivity index is 2.42. The second kappa shape index (κ2) is 7.17. The average molecular weight is 302 g/mol. The van der Waals surface area contributed by atoms with Gasteiger partial charge in [-0.1, -0.05) is 6.07 Å². The van der Waals surface area contributed by atoms with E-state index in [0.29, 0.717) is 13.2 Å². The number of carbonyl (C=O) groups excluding carboxylic acids is 1. The van der Waals surface area contributed by atoms with Crippen molar-refractivity contribution in [1.29, 1.82) is 0 Å². The number of alkyl carbamates (subject to hydrolysis) is 1. The molecule has 5 heteroatoms.